The first-order valence-electron chi connectivity index (χ1n) is 13.0. The number of esters is 2. The Hall–Kier alpha value is -0.910. The van der Waals surface area contributed by atoms with Gasteiger partial charge in [-0.05, 0) is 92.3 Å². The molecule has 0 amide bonds. The summed E-state index contributed by atoms with van der Waals surface area (Å²) >= 11 is 3.96. The Labute approximate surface area is 207 Å². The molecule has 0 bridgehead atoms. The molecule has 4 aliphatic rings. The van der Waals surface area contributed by atoms with Crippen LogP contribution in [0.2, 0.25) is 0 Å². The molecule has 5 nitrogen and oxygen atoms in total. The van der Waals surface area contributed by atoms with E-state index in [1.54, 1.807) is 0 Å². The molecule has 0 saturated heterocycles. The van der Waals surface area contributed by atoms with Crippen molar-refractivity contribution in [1.29, 1.82) is 0 Å². The lowest BCUT2D eigenvalue weighted by molar-refractivity contribution is -0.165. The summed E-state index contributed by atoms with van der Waals surface area (Å²) in [6.45, 7) is 8.37. The van der Waals surface area contributed by atoms with Crippen molar-refractivity contribution in [2.45, 2.75) is 96.4 Å². The minimum atomic E-state index is -0.316. The molecule has 4 saturated carbocycles. The number of halogens is 1. The molecule has 0 N–H and O–H groups in total. The van der Waals surface area contributed by atoms with E-state index in [4.69, 9.17) is 9.47 Å². The van der Waals surface area contributed by atoms with E-state index in [1.165, 1.54) is 20.5 Å². The van der Waals surface area contributed by atoms with E-state index in [1.807, 2.05) is 0 Å². The van der Waals surface area contributed by atoms with Gasteiger partial charge in [0.05, 0.1) is 11.9 Å². The maximum absolute atomic E-state index is 14.1. The second-order valence-corrected chi connectivity index (χ2v) is 12.9. The fourth-order valence-electron chi connectivity index (χ4n) is 8.92. The second kappa shape index (κ2) is 9.28. The smallest absolute Gasteiger partial charge is 0.305 e. The molecular formula is C27H41BrO5. The Morgan fingerprint density at radius 3 is 2.55 bits per heavy atom. The zero-order valence-corrected chi connectivity index (χ0v) is 22.5. The Morgan fingerprint density at radius 1 is 1.15 bits per heavy atom. The molecule has 0 unspecified atom stereocenters. The van der Waals surface area contributed by atoms with Crippen LogP contribution in [0.1, 0.15) is 85.5 Å². The third kappa shape index (κ3) is 4.10. The lowest BCUT2D eigenvalue weighted by atomic mass is 9.44. The van der Waals surface area contributed by atoms with E-state index in [-0.39, 0.29) is 33.7 Å². The summed E-state index contributed by atoms with van der Waals surface area (Å²) in [6, 6.07) is 0. The monoisotopic (exact) mass is 524 g/mol. The maximum atomic E-state index is 14.1. The summed E-state index contributed by atoms with van der Waals surface area (Å²) in [5.74, 6) is 2.54. The summed E-state index contributed by atoms with van der Waals surface area (Å²) in [5, 5.41) is 0. The molecule has 0 aliphatic heterocycles. The molecule has 186 valence electrons. The van der Waals surface area contributed by atoms with Crippen molar-refractivity contribution in [3.05, 3.63) is 0 Å². The van der Waals surface area contributed by atoms with Gasteiger partial charge in [0.15, 0.2) is 5.78 Å². The third-order valence-corrected chi connectivity index (χ3v) is 11.5. The molecule has 4 rings (SSSR count). The summed E-state index contributed by atoms with van der Waals surface area (Å²) in [6.07, 6.45) is 8.62. The van der Waals surface area contributed by atoms with Crippen LogP contribution in [0.15, 0.2) is 0 Å². The van der Waals surface area contributed by atoms with E-state index in [0.29, 0.717) is 47.7 Å². The number of carbonyl (C=O) groups is 3. The van der Waals surface area contributed by atoms with Crippen molar-refractivity contribution in [3.63, 3.8) is 0 Å². The number of ether oxygens (including phenoxy) is 2. The molecule has 6 heteroatoms. The molecular weight excluding hydrogens is 484 g/mol. The number of ketones is 1. The SMILES string of the molecule is COC(=O)CC[C@@H](C)[C@@H]1CC[C@@H]2[C@@H]3CC[C@@H]4C[C@H](OC(C)=O)CC[C@]4(C)[C@@H]3[C@@H](Br)C(=O)[C@@]21C. The highest BCUT2D eigenvalue weighted by Gasteiger charge is 2.66. The van der Waals surface area contributed by atoms with Crippen molar-refractivity contribution >= 4 is 33.7 Å². The van der Waals surface area contributed by atoms with Gasteiger partial charge in [-0.15, -0.1) is 0 Å². The number of Topliss-reactive ketones (excluding diaryl/α,β-unsaturated/α-hetero) is 1. The van der Waals surface area contributed by atoms with Gasteiger partial charge < -0.3 is 9.47 Å². The number of alkyl halides is 1. The van der Waals surface area contributed by atoms with E-state index in [2.05, 4.69) is 36.7 Å². The van der Waals surface area contributed by atoms with Crippen molar-refractivity contribution in [2.24, 2.45) is 46.3 Å². The Balaban J connectivity index is 1.55. The average molecular weight is 526 g/mol. The van der Waals surface area contributed by atoms with Gasteiger partial charge in [-0.1, -0.05) is 36.7 Å². The average Bonchev–Trinajstić information content (AvgIpc) is 3.13. The number of hydrogen-bond acceptors (Lipinski definition) is 5. The summed E-state index contributed by atoms with van der Waals surface area (Å²) < 4.78 is 10.4. The van der Waals surface area contributed by atoms with Gasteiger partial charge in [-0.3, -0.25) is 14.4 Å². The highest BCUT2D eigenvalue weighted by molar-refractivity contribution is 9.10. The summed E-state index contributed by atoms with van der Waals surface area (Å²) in [4.78, 5) is 37.2. The normalized spacial score (nSPS) is 45.4. The predicted octanol–water partition coefficient (Wildman–Crippen LogP) is 5.72. The van der Waals surface area contributed by atoms with Crippen LogP contribution in [0.4, 0.5) is 0 Å². The standard InChI is InChI=1S/C27H41BrO5/c1-15(6-11-22(30)32-5)20-9-10-21-19-8-7-17-14-18(33-16(2)29)12-13-26(17,3)23(19)24(28)25(31)27(20,21)4/h15,17-21,23-24H,6-14H2,1-5H3/t15-,17-,18-,19+,20+,21-,23+,24-,26+,27-/m1/s1. The first-order valence-corrected chi connectivity index (χ1v) is 13.9. The van der Waals surface area contributed by atoms with Crippen LogP contribution in [-0.4, -0.2) is 35.8 Å². The largest absolute Gasteiger partial charge is 0.469 e. The lowest BCUT2D eigenvalue weighted by Crippen LogP contribution is -2.62. The molecule has 4 aliphatic carbocycles. The van der Waals surface area contributed by atoms with Gasteiger partial charge in [0.2, 0.25) is 0 Å². The molecule has 0 radical (unpaired) electrons. The number of hydrogen-bond donors (Lipinski definition) is 0. The maximum Gasteiger partial charge on any atom is 0.305 e. The highest BCUT2D eigenvalue weighted by atomic mass is 79.9. The van der Waals surface area contributed by atoms with Gasteiger partial charge >= 0.3 is 11.9 Å². The molecule has 0 aromatic carbocycles. The quantitative estimate of drug-likeness (QED) is 0.339. The predicted molar refractivity (Wildman–Crippen MR) is 130 cm³/mol. The van der Waals surface area contributed by atoms with Crippen molar-refractivity contribution in [3.8, 4) is 0 Å². The van der Waals surface area contributed by atoms with Crippen LogP contribution in [0.5, 0.6) is 0 Å². The lowest BCUT2D eigenvalue weighted by Gasteiger charge is -2.62. The zero-order chi connectivity index (χ0) is 24.1. The van der Waals surface area contributed by atoms with Gasteiger partial charge in [0.25, 0.3) is 0 Å². The molecule has 0 aromatic heterocycles. The second-order valence-electron chi connectivity index (χ2n) is 11.9. The van der Waals surface area contributed by atoms with E-state index >= 15 is 0 Å². The van der Waals surface area contributed by atoms with Gasteiger partial charge in [0.1, 0.15) is 6.10 Å². The van der Waals surface area contributed by atoms with E-state index in [0.717, 1.165) is 44.9 Å². The summed E-state index contributed by atoms with van der Waals surface area (Å²) in [7, 11) is 1.44. The van der Waals surface area contributed by atoms with Crippen molar-refractivity contribution in [1.82, 2.24) is 0 Å². The van der Waals surface area contributed by atoms with E-state index in [9.17, 15) is 14.4 Å². The number of carbonyl (C=O) groups excluding carboxylic acids is 3. The van der Waals surface area contributed by atoms with Gasteiger partial charge in [-0.25, -0.2) is 0 Å². The topological polar surface area (TPSA) is 69.7 Å². The fraction of sp³-hybridized carbons (Fsp3) is 0.889. The van der Waals surface area contributed by atoms with Gasteiger partial charge in [0, 0.05) is 18.8 Å². The van der Waals surface area contributed by atoms with Crippen molar-refractivity contribution < 1.29 is 23.9 Å². The first kappa shape index (κ1) is 25.2. The Bertz CT molecular complexity index is 797. The third-order valence-electron chi connectivity index (χ3n) is 10.5. The van der Waals surface area contributed by atoms with Crippen LogP contribution < -0.4 is 0 Å². The highest BCUT2D eigenvalue weighted by Crippen LogP contribution is 2.68. The van der Waals surface area contributed by atoms with E-state index < -0.39 is 0 Å². The number of rotatable bonds is 5. The number of methoxy groups -OCH3 is 1. The first-order chi connectivity index (χ1) is 15.5. The zero-order valence-electron chi connectivity index (χ0n) is 20.9. The van der Waals surface area contributed by atoms with Gasteiger partial charge in [-0.2, -0.15) is 0 Å². The Kier molecular flexibility index (Phi) is 7.08. The van der Waals surface area contributed by atoms with Crippen LogP contribution in [0.25, 0.3) is 0 Å². The molecule has 0 spiro atoms. The van der Waals surface area contributed by atoms with Crippen LogP contribution >= 0.6 is 15.9 Å². The number of fused-ring (bicyclic) bond motifs is 5. The van der Waals surface area contributed by atoms with Crippen LogP contribution in [-0.2, 0) is 23.9 Å². The van der Waals surface area contributed by atoms with Crippen LogP contribution in [0.3, 0.4) is 0 Å². The Morgan fingerprint density at radius 2 is 1.88 bits per heavy atom. The minimum Gasteiger partial charge on any atom is -0.469 e. The molecule has 33 heavy (non-hydrogen) atoms. The van der Waals surface area contributed by atoms with Crippen molar-refractivity contribution in [2.75, 3.05) is 7.11 Å². The molecule has 0 heterocycles. The summed E-state index contributed by atoms with van der Waals surface area (Å²) in [5.41, 5.74) is -0.206. The van der Waals surface area contributed by atoms with Crippen LogP contribution in [0, 0.1) is 46.3 Å². The molecule has 4 fully saturated rings. The molecule has 10 atom stereocenters. The molecule has 0 aromatic rings. The minimum absolute atomic E-state index is 0.0296. The fourth-order valence-corrected chi connectivity index (χ4v) is 10.4.